The van der Waals surface area contributed by atoms with Gasteiger partial charge in [-0.1, -0.05) is 6.42 Å². The molecule has 8 heteroatoms. The molecule has 156 valence electrons. The summed E-state index contributed by atoms with van der Waals surface area (Å²) >= 11 is 5.70. The molecule has 7 nitrogen and oxygen atoms in total. The minimum atomic E-state index is -1.04. The van der Waals surface area contributed by atoms with Gasteiger partial charge < -0.3 is 14.7 Å². The lowest BCUT2D eigenvalue weighted by Crippen LogP contribution is -2.46. The highest BCUT2D eigenvalue weighted by atomic mass is 35.5. The molecule has 0 bridgehead atoms. The Morgan fingerprint density at radius 3 is 2.52 bits per heavy atom. The molecule has 1 amide bonds. The average Bonchev–Trinajstić information content (AvgIpc) is 3.16. The summed E-state index contributed by atoms with van der Waals surface area (Å²) in [5.41, 5.74) is 1.34. The fourth-order valence-corrected chi connectivity index (χ4v) is 4.16. The molecule has 0 unspecified atom stereocenters. The van der Waals surface area contributed by atoms with E-state index in [1.807, 2.05) is 24.3 Å². The molecule has 2 aliphatic rings. The smallest absolute Gasteiger partial charge is 0.411 e. The van der Waals surface area contributed by atoms with E-state index in [1.54, 1.807) is 10.9 Å². The number of amides is 1. The zero-order valence-electron chi connectivity index (χ0n) is 16.4. The van der Waals surface area contributed by atoms with E-state index in [1.165, 1.54) is 30.4 Å². The number of carbonyl (C=O) groups is 1. The van der Waals surface area contributed by atoms with Crippen LogP contribution in [0.25, 0.3) is 5.69 Å². The van der Waals surface area contributed by atoms with Gasteiger partial charge >= 0.3 is 6.09 Å². The zero-order chi connectivity index (χ0) is 20.2. The van der Waals surface area contributed by atoms with Crippen LogP contribution in [0, 0.1) is 0 Å². The number of nitrogens with zero attached hydrogens (tertiary/aromatic N) is 4. The van der Waals surface area contributed by atoms with Crippen molar-refractivity contribution in [2.75, 3.05) is 30.4 Å². The van der Waals surface area contributed by atoms with Crippen molar-refractivity contribution in [1.82, 2.24) is 14.7 Å². The van der Waals surface area contributed by atoms with Crippen molar-refractivity contribution in [3.63, 3.8) is 0 Å². The minimum absolute atomic E-state index is 0.217. The maximum absolute atomic E-state index is 11.4. The van der Waals surface area contributed by atoms with Crippen molar-refractivity contribution in [3.8, 4) is 11.4 Å². The first-order chi connectivity index (χ1) is 14.1. The van der Waals surface area contributed by atoms with Crippen LogP contribution in [0.4, 0.5) is 10.5 Å². The molecule has 1 aliphatic carbocycles. The quantitative estimate of drug-likeness (QED) is 0.688. The molecular formula is C21H27ClN4O3. The van der Waals surface area contributed by atoms with Gasteiger partial charge in [0.05, 0.1) is 23.8 Å². The number of likely N-dealkylation sites (tertiary alicyclic amines) is 1. The van der Waals surface area contributed by atoms with E-state index in [0.717, 1.165) is 43.4 Å². The summed E-state index contributed by atoms with van der Waals surface area (Å²) in [6.07, 6.45) is 8.69. The Balaban J connectivity index is 1.34. The van der Waals surface area contributed by atoms with Crippen LogP contribution in [-0.4, -0.2) is 63.5 Å². The minimum Gasteiger partial charge on any atom is -0.490 e. The summed E-state index contributed by atoms with van der Waals surface area (Å²) in [5, 5.41) is 13.6. The topological polar surface area (TPSA) is 70.8 Å². The predicted octanol–water partition coefficient (Wildman–Crippen LogP) is 3.99. The Labute approximate surface area is 175 Å². The summed E-state index contributed by atoms with van der Waals surface area (Å²) in [6, 6.07) is 8.58. The van der Waals surface area contributed by atoms with E-state index < -0.39 is 6.09 Å². The number of ether oxygens (including phenoxy) is 1. The Morgan fingerprint density at radius 2 is 1.93 bits per heavy atom. The normalized spacial score (nSPS) is 18.4. The van der Waals surface area contributed by atoms with Crippen LogP contribution in [0.2, 0.25) is 0 Å². The van der Waals surface area contributed by atoms with E-state index >= 15 is 0 Å². The maximum Gasteiger partial charge on any atom is 0.411 e. The number of hydrogen-bond acceptors (Lipinski definition) is 4. The zero-order valence-corrected chi connectivity index (χ0v) is 17.2. The molecule has 1 N–H and O–H groups in total. The van der Waals surface area contributed by atoms with Crippen molar-refractivity contribution < 1.29 is 14.6 Å². The number of aromatic nitrogens is 2. The highest BCUT2D eigenvalue weighted by molar-refractivity contribution is 6.18. The molecule has 2 aromatic rings. The SMILES string of the molecule is O=C(O)N(CCCl)c1cnn(-c2ccc(OC3CCN(C4CCC4)CC3)cc2)c1. The fourth-order valence-electron chi connectivity index (χ4n) is 3.99. The molecule has 0 atom stereocenters. The lowest BCUT2D eigenvalue weighted by molar-refractivity contribution is 0.0493. The van der Waals surface area contributed by atoms with Crippen LogP contribution < -0.4 is 9.64 Å². The highest BCUT2D eigenvalue weighted by Crippen LogP contribution is 2.29. The molecule has 1 saturated heterocycles. The Hall–Kier alpha value is -2.25. The second-order valence-electron chi connectivity index (χ2n) is 7.70. The number of alkyl halides is 1. The summed E-state index contributed by atoms with van der Waals surface area (Å²) in [4.78, 5) is 15.2. The number of anilines is 1. The molecule has 0 radical (unpaired) electrons. The number of rotatable bonds is 7. The van der Waals surface area contributed by atoms with Crippen LogP contribution >= 0.6 is 11.6 Å². The van der Waals surface area contributed by atoms with Gasteiger partial charge in [-0.25, -0.2) is 9.48 Å². The monoisotopic (exact) mass is 418 g/mol. The third-order valence-corrected chi connectivity index (χ3v) is 6.06. The first-order valence-corrected chi connectivity index (χ1v) is 10.8. The Kier molecular flexibility index (Phi) is 6.25. The van der Waals surface area contributed by atoms with E-state index in [9.17, 15) is 9.90 Å². The van der Waals surface area contributed by atoms with Gasteiger partial charge in [-0.3, -0.25) is 4.90 Å². The lowest BCUT2D eigenvalue weighted by atomic mass is 9.90. The molecule has 2 heterocycles. The van der Waals surface area contributed by atoms with Gasteiger partial charge in [0.2, 0.25) is 0 Å². The third-order valence-electron chi connectivity index (χ3n) is 5.89. The largest absolute Gasteiger partial charge is 0.490 e. The summed E-state index contributed by atoms with van der Waals surface area (Å²) in [7, 11) is 0. The predicted molar refractivity (Wildman–Crippen MR) is 113 cm³/mol. The lowest BCUT2D eigenvalue weighted by Gasteiger charge is -2.41. The van der Waals surface area contributed by atoms with E-state index in [4.69, 9.17) is 16.3 Å². The van der Waals surface area contributed by atoms with Crippen molar-refractivity contribution >= 4 is 23.4 Å². The Morgan fingerprint density at radius 1 is 1.21 bits per heavy atom. The third kappa shape index (κ3) is 4.67. The van der Waals surface area contributed by atoms with E-state index in [-0.39, 0.29) is 18.5 Å². The van der Waals surface area contributed by atoms with Gasteiger partial charge in [0.1, 0.15) is 11.9 Å². The molecule has 1 saturated carbocycles. The summed E-state index contributed by atoms with van der Waals surface area (Å²) in [6.45, 7) is 2.48. The number of carboxylic acid groups (broad SMARTS) is 1. The molecule has 29 heavy (non-hydrogen) atoms. The van der Waals surface area contributed by atoms with Gasteiger partial charge in [-0.05, 0) is 49.9 Å². The van der Waals surface area contributed by atoms with Crippen LogP contribution in [0.5, 0.6) is 5.75 Å². The van der Waals surface area contributed by atoms with Crippen molar-refractivity contribution in [1.29, 1.82) is 0 Å². The van der Waals surface area contributed by atoms with Gasteiger partial charge in [-0.2, -0.15) is 5.10 Å². The summed E-state index contributed by atoms with van der Waals surface area (Å²) in [5.74, 6) is 1.08. The van der Waals surface area contributed by atoms with E-state index in [0.29, 0.717) is 5.69 Å². The molecular weight excluding hydrogens is 392 g/mol. The number of benzene rings is 1. The standard InChI is InChI=1S/C21H27ClN4O3/c22-10-13-25(21(27)28)18-14-23-26(15-18)17-4-6-19(7-5-17)29-20-8-11-24(12-9-20)16-2-1-3-16/h4-7,14-16,20H,1-3,8-13H2,(H,27,28). The van der Waals surface area contributed by atoms with Crippen LogP contribution in [0.1, 0.15) is 32.1 Å². The van der Waals surface area contributed by atoms with Gasteiger partial charge in [-0.15, -0.1) is 11.6 Å². The van der Waals surface area contributed by atoms with Crippen LogP contribution in [-0.2, 0) is 0 Å². The molecule has 0 spiro atoms. The number of piperidine rings is 1. The van der Waals surface area contributed by atoms with Crippen LogP contribution in [0.15, 0.2) is 36.7 Å². The second kappa shape index (κ2) is 9.05. The number of hydrogen-bond donors (Lipinski definition) is 1. The maximum atomic E-state index is 11.4. The first kappa shape index (κ1) is 20.0. The van der Waals surface area contributed by atoms with Gasteiger partial charge in [0, 0.05) is 31.6 Å². The summed E-state index contributed by atoms with van der Waals surface area (Å²) < 4.78 is 7.83. The molecule has 1 aromatic carbocycles. The molecule has 2 fully saturated rings. The van der Waals surface area contributed by atoms with Crippen LogP contribution in [0.3, 0.4) is 0 Å². The molecule has 4 rings (SSSR count). The van der Waals surface area contributed by atoms with Crippen molar-refractivity contribution in [2.45, 2.75) is 44.2 Å². The second-order valence-corrected chi connectivity index (χ2v) is 8.08. The molecule has 1 aromatic heterocycles. The van der Waals surface area contributed by atoms with Crippen molar-refractivity contribution in [2.24, 2.45) is 0 Å². The van der Waals surface area contributed by atoms with Gasteiger partial charge in [0.25, 0.3) is 0 Å². The molecule has 1 aliphatic heterocycles. The van der Waals surface area contributed by atoms with E-state index in [2.05, 4.69) is 10.00 Å². The number of halogens is 1. The average molecular weight is 419 g/mol. The first-order valence-electron chi connectivity index (χ1n) is 10.3. The van der Waals surface area contributed by atoms with Gasteiger partial charge in [0.15, 0.2) is 0 Å². The Bertz CT molecular complexity index is 814. The van der Waals surface area contributed by atoms with Crippen molar-refractivity contribution in [3.05, 3.63) is 36.7 Å². The fraction of sp³-hybridized carbons (Fsp3) is 0.524. The highest BCUT2D eigenvalue weighted by Gasteiger charge is 2.29.